The lowest BCUT2D eigenvalue weighted by atomic mass is 10.1. The topological polar surface area (TPSA) is 110 Å². The highest BCUT2D eigenvalue weighted by Gasteiger charge is 2.19. The van der Waals surface area contributed by atoms with Crippen molar-refractivity contribution in [3.05, 3.63) is 87.2 Å². The molecule has 0 bridgehead atoms. The first-order chi connectivity index (χ1) is 16.3. The molecule has 0 aliphatic carbocycles. The Hall–Kier alpha value is -4.14. The largest absolute Gasteiger partial charge is 0.497 e. The van der Waals surface area contributed by atoms with Crippen molar-refractivity contribution in [3.8, 4) is 11.5 Å². The smallest absolute Gasteiger partial charge is 0.344 e. The molecule has 0 atom stereocenters. The van der Waals surface area contributed by atoms with Gasteiger partial charge in [0, 0.05) is 29.6 Å². The van der Waals surface area contributed by atoms with E-state index in [1.54, 1.807) is 19.2 Å². The van der Waals surface area contributed by atoms with Crippen LogP contribution in [0.4, 0.5) is 5.69 Å². The molecule has 0 saturated carbocycles. The van der Waals surface area contributed by atoms with Crippen LogP contribution < -0.4 is 9.47 Å². The van der Waals surface area contributed by atoms with Gasteiger partial charge in [-0.05, 0) is 50.1 Å². The van der Waals surface area contributed by atoms with Gasteiger partial charge in [-0.25, -0.2) is 4.79 Å². The lowest BCUT2D eigenvalue weighted by Crippen LogP contribution is -2.20. The number of rotatable bonds is 11. The van der Waals surface area contributed by atoms with E-state index in [9.17, 15) is 19.7 Å². The van der Waals surface area contributed by atoms with Crippen LogP contribution in [-0.4, -0.2) is 41.6 Å². The molecule has 9 nitrogen and oxygen atoms in total. The zero-order valence-corrected chi connectivity index (χ0v) is 19.3. The Morgan fingerprint density at radius 3 is 2.41 bits per heavy atom. The van der Waals surface area contributed by atoms with Gasteiger partial charge in [-0.3, -0.25) is 14.9 Å². The summed E-state index contributed by atoms with van der Waals surface area (Å²) in [6, 6.07) is 15.3. The molecule has 0 amide bonds. The highest BCUT2D eigenvalue weighted by molar-refractivity contribution is 5.99. The number of carbonyl (C=O) groups is 2. The summed E-state index contributed by atoms with van der Waals surface area (Å²) in [7, 11) is 1.62. The molecule has 1 aromatic heterocycles. The molecule has 9 heteroatoms. The van der Waals surface area contributed by atoms with E-state index >= 15 is 0 Å². The van der Waals surface area contributed by atoms with Gasteiger partial charge in [-0.2, -0.15) is 0 Å². The number of ether oxygens (including phenoxy) is 3. The number of aromatic nitrogens is 1. The molecule has 0 saturated heterocycles. The standard InChI is InChI=1S/C25H26N2O7/c1-17-14-21(18(2)26(17)13-12-19-8-10-20(32-3)11-9-19)23(28)15-34-25(29)16-33-24-7-5-4-6-22(24)27(30)31/h4-11,14H,12-13,15-16H2,1-3H3. The average molecular weight is 466 g/mol. The number of carbonyl (C=O) groups excluding carboxylic acids is 2. The summed E-state index contributed by atoms with van der Waals surface area (Å²) in [5.74, 6) is -0.370. The number of nitro benzene ring substituents is 1. The van der Waals surface area contributed by atoms with Crippen LogP contribution >= 0.6 is 0 Å². The Morgan fingerprint density at radius 2 is 1.74 bits per heavy atom. The van der Waals surface area contributed by atoms with E-state index < -0.39 is 24.1 Å². The SMILES string of the molecule is COc1ccc(CCn2c(C)cc(C(=O)COC(=O)COc3ccccc3[N+](=O)[O-])c2C)cc1. The maximum absolute atomic E-state index is 12.7. The van der Waals surface area contributed by atoms with Crippen molar-refractivity contribution in [1.29, 1.82) is 0 Å². The van der Waals surface area contributed by atoms with Crippen LogP contribution in [0.5, 0.6) is 11.5 Å². The highest BCUT2D eigenvalue weighted by atomic mass is 16.6. The number of Topliss-reactive ketones (excluding diaryl/α,β-unsaturated/α-hetero) is 1. The molecule has 0 fully saturated rings. The third-order valence-corrected chi connectivity index (χ3v) is 5.43. The number of ketones is 1. The van der Waals surface area contributed by atoms with Gasteiger partial charge in [-0.1, -0.05) is 24.3 Å². The average Bonchev–Trinajstić information content (AvgIpc) is 3.13. The molecule has 0 spiro atoms. The summed E-state index contributed by atoms with van der Waals surface area (Å²) >= 11 is 0. The minimum atomic E-state index is -0.792. The van der Waals surface area contributed by atoms with Crippen molar-refractivity contribution < 1.29 is 28.7 Å². The van der Waals surface area contributed by atoms with E-state index in [1.807, 2.05) is 38.1 Å². The van der Waals surface area contributed by atoms with Crippen LogP contribution in [0.3, 0.4) is 0 Å². The maximum atomic E-state index is 12.7. The molecule has 0 N–H and O–H groups in total. The van der Waals surface area contributed by atoms with E-state index in [0.717, 1.165) is 29.1 Å². The number of aryl methyl sites for hydroxylation is 2. The second-order valence-electron chi connectivity index (χ2n) is 7.63. The first-order valence-corrected chi connectivity index (χ1v) is 10.6. The number of benzene rings is 2. The van der Waals surface area contributed by atoms with Crippen LogP contribution in [-0.2, 0) is 22.5 Å². The monoisotopic (exact) mass is 466 g/mol. The molecular weight excluding hydrogens is 440 g/mol. The second-order valence-corrected chi connectivity index (χ2v) is 7.63. The van der Waals surface area contributed by atoms with E-state index in [1.165, 1.54) is 18.2 Å². The predicted molar refractivity (Wildman–Crippen MR) is 124 cm³/mol. The molecule has 3 aromatic rings. The number of methoxy groups -OCH3 is 1. The zero-order chi connectivity index (χ0) is 24.7. The van der Waals surface area contributed by atoms with Crippen molar-refractivity contribution in [3.63, 3.8) is 0 Å². The van der Waals surface area contributed by atoms with Crippen molar-refractivity contribution in [2.24, 2.45) is 0 Å². The number of hydrogen-bond acceptors (Lipinski definition) is 7. The summed E-state index contributed by atoms with van der Waals surface area (Å²) in [4.78, 5) is 35.1. The number of nitro groups is 1. The molecule has 1 heterocycles. The lowest BCUT2D eigenvalue weighted by molar-refractivity contribution is -0.385. The van der Waals surface area contributed by atoms with Gasteiger partial charge in [0.05, 0.1) is 12.0 Å². The number of para-hydroxylation sites is 2. The molecule has 0 radical (unpaired) electrons. The van der Waals surface area contributed by atoms with Gasteiger partial charge in [-0.15, -0.1) is 0 Å². The quantitative estimate of drug-likeness (QED) is 0.181. The summed E-state index contributed by atoms with van der Waals surface area (Å²) in [6.07, 6.45) is 0.784. The fraction of sp³-hybridized carbons (Fsp3) is 0.280. The van der Waals surface area contributed by atoms with Gasteiger partial charge in [0.25, 0.3) is 0 Å². The first-order valence-electron chi connectivity index (χ1n) is 10.6. The van der Waals surface area contributed by atoms with Gasteiger partial charge >= 0.3 is 11.7 Å². The van der Waals surface area contributed by atoms with Crippen LogP contribution in [0.2, 0.25) is 0 Å². The third-order valence-electron chi connectivity index (χ3n) is 5.43. The Labute approximate surface area is 197 Å². The number of nitrogens with zero attached hydrogens (tertiary/aromatic N) is 2. The van der Waals surface area contributed by atoms with Gasteiger partial charge in [0.1, 0.15) is 5.75 Å². The number of hydrogen-bond donors (Lipinski definition) is 0. The van der Waals surface area contributed by atoms with E-state index in [0.29, 0.717) is 12.1 Å². The van der Waals surface area contributed by atoms with Crippen LogP contribution in [0, 0.1) is 24.0 Å². The normalized spacial score (nSPS) is 10.6. The van der Waals surface area contributed by atoms with E-state index in [-0.39, 0.29) is 17.2 Å². The van der Waals surface area contributed by atoms with E-state index in [4.69, 9.17) is 14.2 Å². The van der Waals surface area contributed by atoms with Crippen molar-refractivity contribution >= 4 is 17.4 Å². The second kappa shape index (κ2) is 11.1. The van der Waals surface area contributed by atoms with Crippen LogP contribution in [0.1, 0.15) is 27.3 Å². The molecular formula is C25H26N2O7. The van der Waals surface area contributed by atoms with Crippen molar-refractivity contribution in [2.75, 3.05) is 20.3 Å². The summed E-state index contributed by atoms with van der Waals surface area (Å²) in [5.41, 5.74) is 3.10. The Kier molecular flexibility index (Phi) is 8.02. The minimum Gasteiger partial charge on any atom is -0.497 e. The van der Waals surface area contributed by atoms with Gasteiger partial charge in [0.2, 0.25) is 5.78 Å². The Balaban J connectivity index is 1.54. The Morgan fingerprint density at radius 1 is 1.03 bits per heavy atom. The highest BCUT2D eigenvalue weighted by Crippen LogP contribution is 2.25. The fourth-order valence-electron chi connectivity index (χ4n) is 3.59. The fourth-order valence-corrected chi connectivity index (χ4v) is 3.59. The predicted octanol–water partition coefficient (Wildman–Crippen LogP) is 4.07. The summed E-state index contributed by atoms with van der Waals surface area (Å²) < 4.78 is 17.5. The Bertz CT molecular complexity index is 1180. The minimum absolute atomic E-state index is 0.0452. The summed E-state index contributed by atoms with van der Waals surface area (Å²) in [6.45, 7) is 3.49. The third kappa shape index (κ3) is 6.00. The molecule has 34 heavy (non-hydrogen) atoms. The molecule has 0 unspecified atom stereocenters. The van der Waals surface area contributed by atoms with Gasteiger partial charge < -0.3 is 18.8 Å². The zero-order valence-electron chi connectivity index (χ0n) is 19.3. The number of esters is 1. The molecule has 0 aliphatic rings. The summed E-state index contributed by atoms with van der Waals surface area (Å²) in [5, 5.41) is 11.0. The first kappa shape index (κ1) is 24.5. The molecule has 0 aliphatic heterocycles. The van der Waals surface area contributed by atoms with Crippen molar-refractivity contribution in [2.45, 2.75) is 26.8 Å². The lowest BCUT2D eigenvalue weighted by Gasteiger charge is -2.10. The van der Waals surface area contributed by atoms with Gasteiger partial charge in [0.15, 0.2) is 19.0 Å². The van der Waals surface area contributed by atoms with Crippen LogP contribution in [0.15, 0.2) is 54.6 Å². The van der Waals surface area contributed by atoms with Crippen LogP contribution in [0.25, 0.3) is 0 Å². The molecule has 2 aromatic carbocycles. The van der Waals surface area contributed by atoms with Crippen molar-refractivity contribution in [1.82, 2.24) is 4.57 Å². The maximum Gasteiger partial charge on any atom is 0.344 e. The van der Waals surface area contributed by atoms with E-state index in [2.05, 4.69) is 4.57 Å². The molecule has 178 valence electrons. The molecule has 3 rings (SSSR count).